The van der Waals surface area contributed by atoms with E-state index in [1.807, 2.05) is 6.07 Å². The summed E-state index contributed by atoms with van der Waals surface area (Å²) >= 11 is 6.07. The van der Waals surface area contributed by atoms with E-state index in [-0.39, 0.29) is 0 Å². The maximum absolute atomic E-state index is 6.07. The first-order chi connectivity index (χ1) is 8.79. The van der Waals surface area contributed by atoms with Gasteiger partial charge < -0.3 is 5.32 Å². The van der Waals surface area contributed by atoms with Crippen molar-refractivity contribution in [2.24, 2.45) is 5.92 Å². The summed E-state index contributed by atoms with van der Waals surface area (Å²) in [5, 5.41) is 4.59. The van der Waals surface area contributed by atoms with Crippen LogP contribution in [0.3, 0.4) is 0 Å². The van der Waals surface area contributed by atoms with Crippen LogP contribution in [0.4, 0.5) is 0 Å². The monoisotopic (exact) mass is 265 g/mol. The van der Waals surface area contributed by atoms with Crippen molar-refractivity contribution in [2.45, 2.75) is 51.5 Å². The molecule has 0 amide bonds. The number of nitrogens with one attached hydrogen (secondary N) is 1. The zero-order valence-electron chi connectivity index (χ0n) is 11.3. The molecule has 1 unspecified atom stereocenters. The summed E-state index contributed by atoms with van der Waals surface area (Å²) in [5.74, 6) is 0.857. The second kappa shape index (κ2) is 7.16. The molecule has 1 fully saturated rings. The number of hydrogen-bond donors (Lipinski definition) is 1. The molecule has 2 rings (SSSR count). The summed E-state index contributed by atoms with van der Waals surface area (Å²) in [7, 11) is 0. The van der Waals surface area contributed by atoms with Crippen LogP contribution in [0, 0.1) is 5.92 Å². The molecule has 1 N–H and O–H groups in total. The van der Waals surface area contributed by atoms with Crippen LogP contribution < -0.4 is 5.32 Å². The predicted molar refractivity (Wildman–Crippen MR) is 79.2 cm³/mol. The fraction of sp³-hybridized carbons (Fsp3) is 0.625. The highest BCUT2D eigenvalue weighted by atomic mass is 35.5. The standard InChI is InChI=1S/C16H24ClN/c1-2-10-18-16(14-7-3-4-8-14)12-13-6-5-9-15(17)11-13/h5-6,9,11,14,16,18H,2-4,7-8,10,12H2,1H3. The smallest absolute Gasteiger partial charge is 0.0408 e. The topological polar surface area (TPSA) is 12.0 Å². The lowest BCUT2D eigenvalue weighted by atomic mass is 9.92. The molecule has 0 aliphatic heterocycles. The second-order valence-corrected chi connectivity index (χ2v) is 5.88. The van der Waals surface area contributed by atoms with Gasteiger partial charge in [-0.15, -0.1) is 0 Å². The molecule has 0 aromatic heterocycles. The highest BCUT2D eigenvalue weighted by Crippen LogP contribution is 2.29. The number of rotatable bonds is 6. The zero-order chi connectivity index (χ0) is 12.8. The van der Waals surface area contributed by atoms with Crippen molar-refractivity contribution in [2.75, 3.05) is 6.54 Å². The van der Waals surface area contributed by atoms with Crippen LogP contribution in [-0.2, 0) is 6.42 Å². The van der Waals surface area contributed by atoms with Crippen LogP contribution in [0.2, 0.25) is 5.02 Å². The van der Waals surface area contributed by atoms with E-state index in [4.69, 9.17) is 11.6 Å². The molecule has 1 aromatic rings. The third-order valence-corrected chi connectivity index (χ3v) is 4.21. The average molecular weight is 266 g/mol. The fourth-order valence-electron chi connectivity index (χ4n) is 3.01. The van der Waals surface area contributed by atoms with Gasteiger partial charge in [0.1, 0.15) is 0 Å². The van der Waals surface area contributed by atoms with Crippen LogP contribution in [0.15, 0.2) is 24.3 Å². The Bertz CT molecular complexity index is 358. The minimum atomic E-state index is 0.630. The molecule has 1 nitrogen and oxygen atoms in total. The molecule has 1 aliphatic carbocycles. The minimum absolute atomic E-state index is 0.630. The Hall–Kier alpha value is -0.530. The zero-order valence-corrected chi connectivity index (χ0v) is 12.0. The van der Waals surface area contributed by atoms with Crippen molar-refractivity contribution in [1.82, 2.24) is 5.32 Å². The van der Waals surface area contributed by atoms with E-state index < -0.39 is 0 Å². The second-order valence-electron chi connectivity index (χ2n) is 5.44. The van der Waals surface area contributed by atoms with Crippen LogP contribution in [0.1, 0.15) is 44.6 Å². The molecule has 0 spiro atoms. The summed E-state index contributed by atoms with van der Waals surface area (Å²) in [6.45, 7) is 3.36. The van der Waals surface area contributed by atoms with Gasteiger partial charge in [-0.05, 0) is 55.8 Å². The molecule has 1 aromatic carbocycles. The average Bonchev–Trinajstić information content (AvgIpc) is 2.88. The van der Waals surface area contributed by atoms with E-state index >= 15 is 0 Å². The van der Waals surface area contributed by atoms with Gasteiger partial charge in [-0.3, -0.25) is 0 Å². The van der Waals surface area contributed by atoms with Gasteiger partial charge >= 0.3 is 0 Å². The van der Waals surface area contributed by atoms with Gasteiger partial charge in [-0.2, -0.15) is 0 Å². The first kappa shape index (κ1) is 13.9. The quantitative estimate of drug-likeness (QED) is 0.802. The van der Waals surface area contributed by atoms with Gasteiger partial charge in [0.25, 0.3) is 0 Å². The Morgan fingerprint density at radius 3 is 2.78 bits per heavy atom. The lowest BCUT2D eigenvalue weighted by molar-refractivity contribution is 0.356. The van der Waals surface area contributed by atoms with E-state index in [1.54, 1.807) is 0 Å². The van der Waals surface area contributed by atoms with Crippen LogP contribution >= 0.6 is 11.6 Å². The Kier molecular flexibility index (Phi) is 5.52. The van der Waals surface area contributed by atoms with Gasteiger partial charge in [0.05, 0.1) is 0 Å². The lowest BCUT2D eigenvalue weighted by Crippen LogP contribution is -2.37. The first-order valence-corrected chi connectivity index (χ1v) is 7.65. The summed E-state index contributed by atoms with van der Waals surface area (Å²) < 4.78 is 0. The number of halogens is 1. The van der Waals surface area contributed by atoms with E-state index in [9.17, 15) is 0 Å². The molecular weight excluding hydrogens is 242 g/mol. The summed E-state index contributed by atoms with van der Waals surface area (Å²) in [5.41, 5.74) is 1.36. The molecule has 1 aliphatic rings. The van der Waals surface area contributed by atoms with E-state index in [1.165, 1.54) is 37.7 Å². The molecule has 1 atom stereocenters. The maximum Gasteiger partial charge on any atom is 0.0408 e. The molecule has 0 radical (unpaired) electrons. The van der Waals surface area contributed by atoms with Crippen molar-refractivity contribution in [3.8, 4) is 0 Å². The molecule has 1 saturated carbocycles. The molecule has 0 saturated heterocycles. The first-order valence-electron chi connectivity index (χ1n) is 7.27. The minimum Gasteiger partial charge on any atom is -0.313 e. The largest absolute Gasteiger partial charge is 0.313 e. The summed E-state index contributed by atoms with van der Waals surface area (Å²) in [4.78, 5) is 0. The Morgan fingerprint density at radius 1 is 1.33 bits per heavy atom. The Morgan fingerprint density at radius 2 is 2.11 bits per heavy atom. The number of benzene rings is 1. The van der Waals surface area contributed by atoms with Crippen molar-refractivity contribution in [3.05, 3.63) is 34.9 Å². The highest BCUT2D eigenvalue weighted by Gasteiger charge is 2.24. The van der Waals surface area contributed by atoms with Gasteiger partial charge in [-0.25, -0.2) is 0 Å². The molecule has 0 heterocycles. The number of hydrogen-bond acceptors (Lipinski definition) is 1. The van der Waals surface area contributed by atoms with Crippen LogP contribution in [0.5, 0.6) is 0 Å². The maximum atomic E-state index is 6.07. The van der Waals surface area contributed by atoms with E-state index in [0.29, 0.717) is 6.04 Å². The SMILES string of the molecule is CCCNC(Cc1cccc(Cl)c1)C1CCCC1. The van der Waals surface area contributed by atoms with E-state index in [0.717, 1.165) is 23.9 Å². The predicted octanol–water partition coefficient (Wildman–Crippen LogP) is 4.44. The van der Waals surface area contributed by atoms with Gasteiger partial charge in [0.15, 0.2) is 0 Å². The van der Waals surface area contributed by atoms with Crippen molar-refractivity contribution >= 4 is 11.6 Å². The normalized spacial score (nSPS) is 18.1. The third-order valence-electron chi connectivity index (χ3n) is 3.97. The van der Waals surface area contributed by atoms with Gasteiger partial charge in [0, 0.05) is 11.1 Å². The van der Waals surface area contributed by atoms with Crippen molar-refractivity contribution in [3.63, 3.8) is 0 Å². The lowest BCUT2D eigenvalue weighted by Gasteiger charge is -2.25. The fourth-order valence-corrected chi connectivity index (χ4v) is 3.23. The molecule has 0 bridgehead atoms. The molecule has 18 heavy (non-hydrogen) atoms. The Labute approximate surface area is 116 Å². The van der Waals surface area contributed by atoms with Crippen LogP contribution in [-0.4, -0.2) is 12.6 Å². The highest BCUT2D eigenvalue weighted by molar-refractivity contribution is 6.30. The van der Waals surface area contributed by atoms with Gasteiger partial charge in [-0.1, -0.05) is 43.5 Å². The Balaban J connectivity index is 1.99. The molecular formula is C16H24ClN. The molecule has 100 valence electrons. The third kappa shape index (κ3) is 4.00. The van der Waals surface area contributed by atoms with E-state index in [2.05, 4.69) is 30.4 Å². The van der Waals surface area contributed by atoms with Gasteiger partial charge in [0.2, 0.25) is 0 Å². The summed E-state index contributed by atoms with van der Waals surface area (Å²) in [6, 6.07) is 8.95. The summed E-state index contributed by atoms with van der Waals surface area (Å²) in [6.07, 6.45) is 7.92. The van der Waals surface area contributed by atoms with Crippen molar-refractivity contribution < 1.29 is 0 Å². The van der Waals surface area contributed by atoms with Crippen LogP contribution in [0.25, 0.3) is 0 Å². The van der Waals surface area contributed by atoms with Crippen molar-refractivity contribution in [1.29, 1.82) is 0 Å². The molecule has 2 heteroatoms.